The summed E-state index contributed by atoms with van der Waals surface area (Å²) in [7, 11) is 1.46. The summed E-state index contributed by atoms with van der Waals surface area (Å²) >= 11 is 0. The predicted molar refractivity (Wildman–Crippen MR) is 122 cm³/mol. The molecule has 1 aliphatic rings. The monoisotopic (exact) mass is 441 g/mol. The molecule has 5 heterocycles. The minimum absolute atomic E-state index is 0.259. The number of benzene rings is 1. The van der Waals surface area contributed by atoms with Gasteiger partial charge in [0.2, 0.25) is 0 Å². The molecule has 0 fully saturated rings. The predicted octanol–water partition coefficient (Wildman–Crippen LogP) is 4.23. The number of pyridine rings is 2. The molecule has 33 heavy (non-hydrogen) atoms. The number of aromatic amines is 1. The number of ether oxygens (including phenoxy) is 1. The van der Waals surface area contributed by atoms with E-state index in [4.69, 9.17) is 4.74 Å². The second-order valence-electron chi connectivity index (χ2n) is 9.11. The van der Waals surface area contributed by atoms with E-state index in [9.17, 15) is 14.4 Å². The fraction of sp³-hybridized carbons (Fsp3) is 0.208. The number of fused-ring (bicyclic) bond motifs is 10. The summed E-state index contributed by atoms with van der Waals surface area (Å²) in [4.78, 5) is 53.2. The number of carbonyl (C=O) groups is 3. The van der Waals surface area contributed by atoms with E-state index < -0.39 is 23.5 Å². The highest BCUT2D eigenvalue weighted by Crippen LogP contribution is 2.44. The van der Waals surface area contributed by atoms with Gasteiger partial charge in [-0.15, -0.1) is 0 Å². The first-order valence-corrected chi connectivity index (χ1v) is 10.5. The zero-order valence-electron chi connectivity index (χ0n) is 18.4. The second-order valence-corrected chi connectivity index (χ2v) is 9.11. The smallest absolute Gasteiger partial charge is 0.420 e. The largest absolute Gasteiger partial charge is 0.443 e. The molecule has 0 unspecified atom stereocenters. The van der Waals surface area contributed by atoms with E-state index in [1.54, 1.807) is 51.4 Å². The molecular weight excluding hydrogens is 422 g/mol. The maximum Gasteiger partial charge on any atom is 0.420 e. The van der Waals surface area contributed by atoms with Gasteiger partial charge < -0.3 is 9.72 Å². The van der Waals surface area contributed by atoms with Gasteiger partial charge in [0.05, 0.1) is 22.2 Å². The number of H-pyrrole nitrogens is 1. The molecule has 5 aromatic rings. The number of nitrogens with zero attached hydrogens (tertiary/aromatic N) is 4. The number of amides is 2. The van der Waals surface area contributed by atoms with Gasteiger partial charge >= 0.3 is 6.09 Å². The Bertz CT molecular complexity index is 1700. The summed E-state index contributed by atoms with van der Waals surface area (Å²) in [6.07, 6.45) is 2.59. The molecule has 0 saturated carbocycles. The zero-order chi connectivity index (χ0) is 23.2. The molecule has 1 aromatic carbocycles. The highest BCUT2D eigenvalue weighted by Gasteiger charge is 2.40. The first kappa shape index (κ1) is 19.4. The molecule has 4 aromatic heterocycles. The number of hydrogen-bond acceptors (Lipinski definition) is 6. The minimum atomic E-state index is -0.751. The van der Waals surface area contributed by atoms with Crippen LogP contribution < -0.4 is 0 Å². The van der Waals surface area contributed by atoms with Crippen molar-refractivity contribution in [3.63, 3.8) is 0 Å². The van der Waals surface area contributed by atoms with E-state index >= 15 is 0 Å². The first-order chi connectivity index (χ1) is 15.7. The van der Waals surface area contributed by atoms with Crippen molar-refractivity contribution in [2.75, 3.05) is 7.05 Å². The molecule has 164 valence electrons. The van der Waals surface area contributed by atoms with Crippen LogP contribution in [0.2, 0.25) is 0 Å². The third-order valence-corrected chi connectivity index (χ3v) is 5.90. The third-order valence-electron chi connectivity index (χ3n) is 5.90. The Morgan fingerprint density at radius 2 is 1.61 bits per heavy atom. The number of nitrogens with one attached hydrogen (secondary N) is 1. The first-order valence-electron chi connectivity index (χ1n) is 10.5. The van der Waals surface area contributed by atoms with Gasteiger partial charge in [-0.3, -0.25) is 14.5 Å². The van der Waals surface area contributed by atoms with Crippen molar-refractivity contribution in [3.05, 3.63) is 47.8 Å². The van der Waals surface area contributed by atoms with Crippen LogP contribution in [-0.2, 0) is 4.74 Å². The summed E-state index contributed by atoms with van der Waals surface area (Å²) in [5.74, 6) is -0.819. The second kappa shape index (κ2) is 6.16. The Balaban J connectivity index is 1.92. The standard InChI is InChI=1S/C24H19N5O4/c1-24(2,3)33-23(32)29-18-14(12-8-6-10-26-20(12)29)16-15(21(30)28(4)22(16)31)13-11-7-5-9-25-19(11)27-17(13)18/h5-10H,1-4H3,(H,25,27). The van der Waals surface area contributed by atoms with Crippen molar-refractivity contribution in [2.45, 2.75) is 26.4 Å². The Labute approximate surface area is 186 Å². The Hall–Kier alpha value is -4.27. The van der Waals surface area contributed by atoms with E-state index in [0.29, 0.717) is 49.4 Å². The van der Waals surface area contributed by atoms with Crippen LogP contribution in [0.25, 0.3) is 43.9 Å². The zero-order valence-corrected chi connectivity index (χ0v) is 18.4. The van der Waals surface area contributed by atoms with Crippen molar-refractivity contribution in [3.8, 4) is 0 Å². The molecule has 9 heteroatoms. The quantitative estimate of drug-likeness (QED) is 0.360. The lowest BCUT2D eigenvalue weighted by Gasteiger charge is -2.20. The van der Waals surface area contributed by atoms with E-state index in [1.165, 1.54) is 11.6 Å². The van der Waals surface area contributed by atoms with E-state index in [0.717, 1.165) is 4.90 Å². The van der Waals surface area contributed by atoms with Crippen LogP contribution in [0.3, 0.4) is 0 Å². The highest BCUT2D eigenvalue weighted by molar-refractivity contribution is 6.39. The summed E-state index contributed by atoms with van der Waals surface area (Å²) in [5.41, 5.74) is 1.66. The fourth-order valence-corrected chi connectivity index (χ4v) is 4.66. The van der Waals surface area contributed by atoms with Crippen molar-refractivity contribution in [1.29, 1.82) is 0 Å². The molecule has 1 N–H and O–H groups in total. The Morgan fingerprint density at radius 3 is 2.30 bits per heavy atom. The number of hydrogen-bond donors (Lipinski definition) is 1. The summed E-state index contributed by atoms with van der Waals surface area (Å²) in [6.45, 7) is 5.34. The van der Waals surface area contributed by atoms with Crippen LogP contribution in [0.1, 0.15) is 41.5 Å². The van der Waals surface area contributed by atoms with Gasteiger partial charge in [-0.1, -0.05) is 0 Å². The molecule has 0 aliphatic carbocycles. The topological polar surface area (TPSA) is 110 Å². The lowest BCUT2D eigenvalue weighted by Crippen LogP contribution is -2.27. The number of aromatic nitrogens is 4. The minimum Gasteiger partial charge on any atom is -0.443 e. The lowest BCUT2D eigenvalue weighted by atomic mass is 9.97. The molecular formula is C24H19N5O4. The summed E-state index contributed by atoms with van der Waals surface area (Å²) in [5, 5.41) is 2.31. The average molecular weight is 441 g/mol. The summed E-state index contributed by atoms with van der Waals surface area (Å²) in [6, 6.07) is 7.12. The molecule has 0 bridgehead atoms. The van der Waals surface area contributed by atoms with Crippen LogP contribution in [0.15, 0.2) is 36.7 Å². The number of rotatable bonds is 0. The van der Waals surface area contributed by atoms with Crippen LogP contribution in [-0.4, -0.2) is 55.0 Å². The van der Waals surface area contributed by atoms with Gasteiger partial charge in [-0.2, -0.15) is 0 Å². The molecule has 0 radical (unpaired) electrons. The molecule has 6 rings (SSSR count). The molecule has 1 aliphatic heterocycles. The Kier molecular flexibility index (Phi) is 3.62. The molecule has 9 nitrogen and oxygen atoms in total. The number of carbonyl (C=O) groups excluding carboxylic acids is 3. The average Bonchev–Trinajstić information content (AvgIpc) is 3.38. The molecule has 0 atom stereocenters. The van der Waals surface area contributed by atoms with Gasteiger partial charge in [-0.05, 0) is 45.0 Å². The molecule has 0 spiro atoms. The van der Waals surface area contributed by atoms with E-state index in [2.05, 4.69) is 15.0 Å². The van der Waals surface area contributed by atoms with Crippen LogP contribution in [0, 0.1) is 0 Å². The SMILES string of the molecule is CN1C(=O)c2c(c3c4cccnc4n(C(=O)OC(C)(C)C)c3c3[nH]c4ncccc4c23)C1=O. The van der Waals surface area contributed by atoms with Crippen molar-refractivity contribution < 1.29 is 19.1 Å². The maximum atomic E-state index is 13.4. The Morgan fingerprint density at radius 1 is 0.970 bits per heavy atom. The normalized spacial score (nSPS) is 14.2. The third kappa shape index (κ3) is 2.44. The van der Waals surface area contributed by atoms with E-state index in [1.807, 2.05) is 6.07 Å². The van der Waals surface area contributed by atoms with Gasteiger partial charge in [0.15, 0.2) is 5.65 Å². The molecule has 0 saturated heterocycles. The molecule has 2 amide bonds. The highest BCUT2D eigenvalue weighted by atomic mass is 16.6. The van der Waals surface area contributed by atoms with Gasteiger partial charge in [0, 0.05) is 41.0 Å². The fourth-order valence-electron chi connectivity index (χ4n) is 4.66. The summed E-state index contributed by atoms with van der Waals surface area (Å²) < 4.78 is 7.08. The number of imide groups is 1. The lowest BCUT2D eigenvalue weighted by molar-refractivity contribution is 0.0549. The van der Waals surface area contributed by atoms with Crippen molar-refractivity contribution in [1.82, 2.24) is 24.4 Å². The van der Waals surface area contributed by atoms with Gasteiger partial charge in [-0.25, -0.2) is 19.3 Å². The van der Waals surface area contributed by atoms with Crippen molar-refractivity contribution in [2.24, 2.45) is 0 Å². The van der Waals surface area contributed by atoms with Crippen molar-refractivity contribution >= 4 is 61.8 Å². The van der Waals surface area contributed by atoms with E-state index in [-0.39, 0.29) is 5.56 Å². The van der Waals surface area contributed by atoms with Crippen LogP contribution in [0.5, 0.6) is 0 Å². The van der Waals surface area contributed by atoms with Gasteiger partial charge in [0.25, 0.3) is 11.8 Å². The van der Waals surface area contributed by atoms with Crippen LogP contribution >= 0.6 is 0 Å². The van der Waals surface area contributed by atoms with Crippen LogP contribution in [0.4, 0.5) is 4.79 Å². The maximum absolute atomic E-state index is 13.4. The van der Waals surface area contributed by atoms with Gasteiger partial charge in [0.1, 0.15) is 11.2 Å².